The Hall–Kier alpha value is -3.38. The molecule has 34 heavy (non-hydrogen) atoms. The van der Waals surface area contributed by atoms with Crippen LogP contribution in [0.4, 0.5) is 5.69 Å². The third kappa shape index (κ3) is 4.77. The van der Waals surface area contributed by atoms with Crippen molar-refractivity contribution in [2.75, 3.05) is 18.0 Å². The van der Waals surface area contributed by atoms with Crippen LogP contribution >= 0.6 is 11.6 Å². The number of nitrogens with zero attached hydrogens (tertiary/aromatic N) is 2. The van der Waals surface area contributed by atoms with Gasteiger partial charge in [0, 0.05) is 42.0 Å². The number of anilines is 1. The highest BCUT2D eigenvalue weighted by molar-refractivity contribution is 6.30. The van der Waals surface area contributed by atoms with Crippen LogP contribution < -0.4 is 10.2 Å². The molecule has 0 bridgehead atoms. The summed E-state index contributed by atoms with van der Waals surface area (Å²) in [5.41, 5.74) is 2.48. The lowest BCUT2D eigenvalue weighted by molar-refractivity contribution is -0.140. The Morgan fingerprint density at radius 3 is 2.47 bits per heavy atom. The first kappa shape index (κ1) is 23.8. The quantitative estimate of drug-likeness (QED) is 0.482. The third-order valence-electron chi connectivity index (χ3n) is 6.21. The smallest absolute Gasteiger partial charge is 0.258 e. The number of rotatable bonds is 9. The topological polar surface area (TPSA) is 69.7 Å². The van der Waals surface area contributed by atoms with E-state index in [4.69, 9.17) is 11.6 Å². The molecule has 1 N–H and O–H groups in total. The van der Waals surface area contributed by atoms with Crippen LogP contribution in [0.2, 0.25) is 5.02 Å². The molecule has 0 aliphatic carbocycles. The van der Waals surface area contributed by atoms with Crippen molar-refractivity contribution in [2.24, 2.45) is 0 Å². The first-order valence-corrected chi connectivity index (χ1v) is 11.9. The second-order valence-electron chi connectivity index (χ2n) is 8.46. The third-order valence-corrected chi connectivity index (χ3v) is 6.46. The van der Waals surface area contributed by atoms with E-state index in [1.165, 1.54) is 0 Å². The van der Waals surface area contributed by atoms with E-state index >= 15 is 0 Å². The molecule has 3 aromatic rings. The first-order valence-electron chi connectivity index (χ1n) is 11.6. The number of likely N-dealkylation sites (N-methyl/N-ethyl adjacent to an activating group) is 1. The summed E-state index contributed by atoms with van der Waals surface area (Å²) < 4.78 is 0. The van der Waals surface area contributed by atoms with E-state index in [2.05, 4.69) is 5.32 Å². The van der Waals surface area contributed by atoms with Crippen molar-refractivity contribution in [1.29, 1.82) is 0 Å². The van der Waals surface area contributed by atoms with E-state index in [9.17, 15) is 14.4 Å². The average molecular weight is 478 g/mol. The maximum Gasteiger partial charge on any atom is 0.258 e. The Bertz CT molecular complexity index is 1220. The number of hydrogen-bond donors (Lipinski definition) is 1. The summed E-state index contributed by atoms with van der Waals surface area (Å²) >= 11 is 5.99. The van der Waals surface area contributed by atoms with Crippen LogP contribution in [0.1, 0.15) is 42.6 Å². The maximum absolute atomic E-state index is 13.2. The summed E-state index contributed by atoms with van der Waals surface area (Å²) in [4.78, 5) is 42.1. The van der Waals surface area contributed by atoms with Crippen molar-refractivity contribution in [1.82, 2.24) is 10.2 Å². The lowest BCUT2D eigenvalue weighted by Crippen LogP contribution is -2.47. The number of amides is 3. The zero-order valence-corrected chi connectivity index (χ0v) is 20.1. The van der Waals surface area contributed by atoms with Crippen molar-refractivity contribution in [2.45, 2.75) is 39.3 Å². The fourth-order valence-electron chi connectivity index (χ4n) is 4.42. The standard InChI is InChI=1S/C27H28ClN3O3/c1-3-29-26(33)18(2)31(17-19-12-14-21(28)15-13-19)24(32)11-6-16-30-23-10-5-8-20-7-4-9-22(25(20)23)27(30)34/h4-5,7-10,12-15,18H,3,6,11,16-17H2,1-2H3,(H,29,33). The number of halogens is 1. The molecule has 1 aliphatic heterocycles. The van der Waals surface area contributed by atoms with Crippen LogP contribution in [-0.2, 0) is 16.1 Å². The van der Waals surface area contributed by atoms with E-state index in [1.807, 2.05) is 55.5 Å². The lowest BCUT2D eigenvalue weighted by Gasteiger charge is -2.29. The van der Waals surface area contributed by atoms with Gasteiger partial charge in [0.15, 0.2) is 0 Å². The molecule has 0 saturated heterocycles. The van der Waals surface area contributed by atoms with E-state index in [0.717, 1.165) is 22.0 Å². The molecule has 6 nitrogen and oxygen atoms in total. The highest BCUT2D eigenvalue weighted by Gasteiger charge is 2.30. The molecule has 3 amide bonds. The lowest BCUT2D eigenvalue weighted by atomic mass is 10.1. The molecular weight excluding hydrogens is 450 g/mol. The molecule has 1 aliphatic rings. The molecule has 0 fully saturated rings. The fraction of sp³-hybridized carbons (Fsp3) is 0.296. The normalized spacial score (nSPS) is 13.3. The van der Waals surface area contributed by atoms with Crippen LogP contribution in [-0.4, -0.2) is 41.8 Å². The van der Waals surface area contributed by atoms with Gasteiger partial charge in [-0.15, -0.1) is 0 Å². The zero-order chi connectivity index (χ0) is 24.2. The largest absolute Gasteiger partial charge is 0.355 e. The van der Waals surface area contributed by atoms with Crippen molar-refractivity contribution < 1.29 is 14.4 Å². The Labute approximate surface area is 204 Å². The molecule has 0 spiro atoms. The Kier molecular flexibility index (Phi) is 7.17. The van der Waals surface area contributed by atoms with Gasteiger partial charge in [0.1, 0.15) is 6.04 Å². The van der Waals surface area contributed by atoms with Gasteiger partial charge >= 0.3 is 0 Å². The Morgan fingerprint density at radius 1 is 1.06 bits per heavy atom. The van der Waals surface area contributed by atoms with Gasteiger partial charge in [-0.1, -0.05) is 48.0 Å². The van der Waals surface area contributed by atoms with Crippen molar-refractivity contribution in [3.05, 3.63) is 76.8 Å². The van der Waals surface area contributed by atoms with Crippen LogP contribution in [0.5, 0.6) is 0 Å². The monoisotopic (exact) mass is 477 g/mol. The molecule has 0 aromatic heterocycles. The van der Waals surface area contributed by atoms with Crippen LogP contribution in [0.25, 0.3) is 10.8 Å². The molecule has 0 saturated carbocycles. The van der Waals surface area contributed by atoms with Gasteiger partial charge in [-0.25, -0.2) is 0 Å². The molecule has 4 rings (SSSR count). The minimum atomic E-state index is -0.616. The summed E-state index contributed by atoms with van der Waals surface area (Å²) in [5.74, 6) is -0.356. The second-order valence-corrected chi connectivity index (χ2v) is 8.90. The van der Waals surface area contributed by atoms with Gasteiger partial charge < -0.3 is 15.1 Å². The van der Waals surface area contributed by atoms with E-state index in [0.29, 0.717) is 36.6 Å². The predicted octanol–water partition coefficient (Wildman–Crippen LogP) is 4.79. The molecule has 7 heteroatoms. The zero-order valence-electron chi connectivity index (χ0n) is 19.4. The van der Waals surface area contributed by atoms with Crippen molar-refractivity contribution >= 4 is 45.8 Å². The number of nitrogens with one attached hydrogen (secondary N) is 1. The van der Waals surface area contributed by atoms with Gasteiger partial charge in [0.25, 0.3) is 5.91 Å². The minimum absolute atomic E-state index is 0.0343. The van der Waals surface area contributed by atoms with E-state index in [1.54, 1.807) is 28.9 Å². The van der Waals surface area contributed by atoms with Crippen LogP contribution in [0.15, 0.2) is 60.7 Å². The minimum Gasteiger partial charge on any atom is -0.355 e. The van der Waals surface area contributed by atoms with Gasteiger partial charge in [-0.05, 0) is 55.5 Å². The van der Waals surface area contributed by atoms with Crippen LogP contribution in [0, 0.1) is 0 Å². The van der Waals surface area contributed by atoms with Gasteiger partial charge in [-0.2, -0.15) is 0 Å². The van der Waals surface area contributed by atoms with E-state index < -0.39 is 6.04 Å². The molecule has 3 aromatic carbocycles. The predicted molar refractivity (Wildman–Crippen MR) is 135 cm³/mol. The summed E-state index contributed by atoms with van der Waals surface area (Å²) in [6.45, 7) is 4.82. The molecular formula is C27H28ClN3O3. The second kappa shape index (κ2) is 10.3. The van der Waals surface area contributed by atoms with Gasteiger partial charge in [0.2, 0.25) is 11.8 Å². The fourth-order valence-corrected chi connectivity index (χ4v) is 4.55. The van der Waals surface area contributed by atoms with Crippen LogP contribution in [0.3, 0.4) is 0 Å². The molecule has 176 valence electrons. The first-order chi connectivity index (χ1) is 16.4. The number of carbonyl (C=O) groups is 3. The summed E-state index contributed by atoms with van der Waals surface area (Å²) in [5, 5.41) is 5.41. The molecule has 1 unspecified atom stereocenters. The van der Waals surface area contributed by atoms with Gasteiger partial charge in [0.05, 0.1) is 5.69 Å². The molecule has 0 radical (unpaired) electrons. The van der Waals surface area contributed by atoms with Gasteiger partial charge in [-0.3, -0.25) is 14.4 Å². The molecule has 1 heterocycles. The summed E-state index contributed by atoms with van der Waals surface area (Å²) in [7, 11) is 0. The number of hydrogen-bond acceptors (Lipinski definition) is 3. The Balaban J connectivity index is 1.45. The Morgan fingerprint density at radius 2 is 1.76 bits per heavy atom. The average Bonchev–Trinajstić information content (AvgIpc) is 3.11. The molecule has 1 atom stereocenters. The highest BCUT2D eigenvalue weighted by Crippen LogP contribution is 2.37. The summed E-state index contributed by atoms with van der Waals surface area (Å²) in [6.07, 6.45) is 0.724. The van der Waals surface area contributed by atoms with Crippen molar-refractivity contribution in [3.8, 4) is 0 Å². The number of benzene rings is 3. The van der Waals surface area contributed by atoms with Crippen molar-refractivity contribution in [3.63, 3.8) is 0 Å². The maximum atomic E-state index is 13.2. The summed E-state index contributed by atoms with van der Waals surface area (Å²) in [6, 6.07) is 18.3. The SMILES string of the molecule is CCNC(=O)C(C)N(Cc1ccc(Cl)cc1)C(=O)CCCN1C(=O)c2cccc3cccc1c23. The number of carbonyl (C=O) groups excluding carboxylic acids is 3. The highest BCUT2D eigenvalue weighted by atomic mass is 35.5. The van der Waals surface area contributed by atoms with E-state index in [-0.39, 0.29) is 24.1 Å².